The van der Waals surface area contributed by atoms with Gasteiger partial charge in [-0.2, -0.15) is 0 Å². The number of hydrogen-bond donors (Lipinski definition) is 2. The van der Waals surface area contributed by atoms with Crippen LogP contribution in [0.2, 0.25) is 0 Å². The fourth-order valence-corrected chi connectivity index (χ4v) is 5.12. The van der Waals surface area contributed by atoms with Crippen LogP contribution < -0.4 is 4.74 Å². The summed E-state index contributed by atoms with van der Waals surface area (Å²) in [6.45, 7) is 2.21. The molecule has 0 saturated heterocycles. The summed E-state index contributed by atoms with van der Waals surface area (Å²) in [5.74, 6) is 0.709. The number of halogens is 2. The topological polar surface area (TPSA) is 79.9 Å². The van der Waals surface area contributed by atoms with E-state index in [9.17, 15) is 15.0 Å². The van der Waals surface area contributed by atoms with Gasteiger partial charge in [0.05, 0.1) is 12.7 Å². The molecule has 1 heterocycles. The summed E-state index contributed by atoms with van der Waals surface area (Å²) >= 11 is 4.00. The van der Waals surface area contributed by atoms with Gasteiger partial charge in [0.15, 0.2) is 17.3 Å². The number of ether oxygens (including phenoxy) is 1. The maximum absolute atomic E-state index is 13.4. The molecule has 7 heteroatoms. The second-order valence-electron chi connectivity index (χ2n) is 6.96. The standard InChI is InChI=1S/C24H18I2O5/c1-2-19-22(23(28)14-8-16(25)24(29)17(26)9-14)15-10-18(27)21(11-20(15)31-19)30-12-13-6-4-3-5-7-13/h3-11,27,29H,2,12H2,1H3. The molecule has 4 rings (SSSR count). The smallest absolute Gasteiger partial charge is 0.197 e. The number of phenols is 2. The molecule has 5 nitrogen and oxygen atoms in total. The van der Waals surface area contributed by atoms with E-state index in [0.29, 0.717) is 53.8 Å². The van der Waals surface area contributed by atoms with Crippen LogP contribution in [0, 0.1) is 7.14 Å². The number of fused-ring (bicyclic) bond motifs is 1. The summed E-state index contributed by atoms with van der Waals surface area (Å²) in [7, 11) is 0. The van der Waals surface area contributed by atoms with Gasteiger partial charge in [-0.15, -0.1) is 0 Å². The SMILES string of the molecule is CCc1oc2cc(OCc3ccccc3)c(O)cc2c1C(=O)c1cc(I)c(O)c(I)c1. The molecule has 0 atom stereocenters. The molecular formula is C24H18I2O5. The Kier molecular flexibility index (Phi) is 6.42. The van der Waals surface area contributed by atoms with E-state index in [1.165, 1.54) is 6.07 Å². The number of carbonyl (C=O) groups is 1. The van der Waals surface area contributed by atoms with Crippen LogP contribution in [0.1, 0.15) is 34.2 Å². The van der Waals surface area contributed by atoms with Crippen LogP contribution in [0.5, 0.6) is 17.2 Å². The Hall–Kier alpha value is -2.27. The van der Waals surface area contributed by atoms with E-state index in [1.807, 2.05) is 82.4 Å². The van der Waals surface area contributed by atoms with Gasteiger partial charge in [0.1, 0.15) is 23.7 Å². The van der Waals surface area contributed by atoms with Crippen LogP contribution in [0.15, 0.2) is 59.0 Å². The molecule has 0 aliphatic carbocycles. The van der Waals surface area contributed by atoms with Gasteiger partial charge in [0.25, 0.3) is 0 Å². The lowest BCUT2D eigenvalue weighted by molar-refractivity contribution is 0.103. The van der Waals surface area contributed by atoms with E-state index < -0.39 is 0 Å². The van der Waals surface area contributed by atoms with E-state index >= 15 is 0 Å². The van der Waals surface area contributed by atoms with Gasteiger partial charge in [0.2, 0.25) is 0 Å². The maximum atomic E-state index is 13.4. The third-order valence-electron chi connectivity index (χ3n) is 4.91. The average molecular weight is 640 g/mol. The van der Waals surface area contributed by atoms with E-state index in [4.69, 9.17) is 9.15 Å². The van der Waals surface area contributed by atoms with Crippen molar-refractivity contribution < 1.29 is 24.2 Å². The number of benzene rings is 3. The van der Waals surface area contributed by atoms with Gasteiger partial charge in [0, 0.05) is 23.4 Å². The van der Waals surface area contributed by atoms with Crippen molar-refractivity contribution in [3.05, 3.63) is 84.2 Å². The molecule has 3 aromatic carbocycles. The predicted octanol–water partition coefficient (Wildman–Crippen LogP) is 6.43. The molecular weight excluding hydrogens is 622 g/mol. The van der Waals surface area contributed by atoms with Crippen LogP contribution in [-0.2, 0) is 13.0 Å². The summed E-state index contributed by atoms with van der Waals surface area (Å²) in [5.41, 5.74) is 2.32. The molecule has 0 spiro atoms. The normalized spacial score (nSPS) is 11.1. The molecule has 0 radical (unpaired) electrons. The lowest BCUT2D eigenvalue weighted by Crippen LogP contribution is -2.04. The summed E-state index contributed by atoms with van der Waals surface area (Å²) in [6.07, 6.45) is 0.517. The van der Waals surface area contributed by atoms with Crippen LogP contribution in [0.4, 0.5) is 0 Å². The highest BCUT2D eigenvalue weighted by Gasteiger charge is 2.24. The number of rotatable bonds is 6. The Morgan fingerprint density at radius 1 is 1.03 bits per heavy atom. The quantitative estimate of drug-likeness (QED) is 0.188. The van der Waals surface area contributed by atoms with E-state index in [2.05, 4.69) is 0 Å². The fourth-order valence-electron chi connectivity index (χ4n) is 3.35. The maximum Gasteiger partial charge on any atom is 0.197 e. The largest absolute Gasteiger partial charge is 0.506 e. The zero-order valence-corrected chi connectivity index (χ0v) is 20.8. The lowest BCUT2D eigenvalue weighted by Gasteiger charge is -2.09. The van der Waals surface area contributed by atoms with Crippen molar-refractivity contribution in [1.29, 1.82) is 0 Å². The van der Waals surface area contributed by atoms with Gasteiger partial charge < -0.3 is 19.4 Å². The van der Waals surface area contributed by atoms with Gasteiger partial charge in [-0.25, -0.2) is 0 Å². The Labute approximate surface area is 206 Å². The monoisotopic (exact) mass is 640 g/mol. The van der Waals surface area contributed by atoms with E-state index in [-0.39, 0.29) is 17.3 Å². The minimum atomic E-state index is -0.219. The summed E-state index contributed by atoms with van der Waals surface area (Å²) in [6, 6.07) is 16.1. The van der Waals surface area contributed by atoms with Crippen LogP contribution in [0.25, 0.3) is 11.0 Å². The molecule has 158 valence electrons. The van der Waals surface area contributed by atoms with Crippen molar-refractivity contribution in [3.8, 4) is 17.2 Å². The molecule has 0 saturated carbocycles. The minimum absolute atomic E-state index is 0.0594. The van der Waals surface area contributed by atoms with Crippen molar-refractivity contribution in [3.63, 3.8) is 0 Å². The van der Waals surface area contributed by atoms with Gasteiger partial charge in [-0.1, -0.05) is 37.3 Å². The highest BCUT2D eigenvalue weighted by Crippen LogP contribution is 2.38. The summed E-state index contributed by atoms with van der Waals surface area (Å²) in [4.78, 5) is 13.4. The Bertz CT molecular complexity index is 1260. The molecule has 0 bridgehead atoms. The highest BCUT2D eigenvalue weighted by atomic mass is 127. The van der Waals surface area contributed by atoms with Gasteiger partial charge >= 0.3 is 0 Å². The molecule has 4 aromatic rings. The van der Waals surface area contributed by atoms with Gasteiger partial charge in [-0.05, 0) is 68.9 Å². The molecule has 0 aliphatic rings. The molecule has 0 amide bonds. The molecule has 1 aromatic heterocycles. The van der Waals surface area contributed by atoms with Crippen LogP contribution in [-0.4, -0.2) is 16.0 Å². The molecule has 0 aliphatic heterocycles. The number of aromatic hydroxyl groups is 2. The van der Waals surface area contributed by atoms with Crippen molar-refractivity contribution in [2.45, 2.75) is 20.0 Å². The van der Waals surface area contributed by atoms with Gasteiger partial charge in [-0.3, -0.25) is 4.79 Å². The van der Waals surface area contributed by atoms with Crippen molar-refractivity contribution in [2.24, 2.45) is 0 Å². The third-order valence-corrected chi connectivity index (χ3v) is 6.55. The van der Waals surface area contributed by atoms with Crippen LogP contribution >= 0.6 is 45.2 Å². The Balaban J connectivity index is 1.74. The van der Waals surface area contributed by atoms with Crippen molar-refractivity contribution >= 4 is 61.9 Å². The average Bonchev–Trinajstić information content (AvgIpc) is 3.12. The Morgan fingerprint density at radius 3 is 2.35 bits per heavy atom. The third kappa shape index (κ3) is 4.38. The van der Waals surface area contributed by atoms with E-state index in [0.717, 1.165) is 5.56 Å². The molecule has 0 fully saturated rings. The van der Waals surface area contributed by atoms with Crippen molar-refractivity contribution in [1.82, 2.24) is 0 Å². The van der Waals surface area contributed by atoms with Crippen LogP contribution in [0.3, 0.4) is 0 Å². The summed E-state index contributed by atoms with van der Waals surface area (Å²) < 4.78 is 12.9. The summed E-state index contributed by atoms with van der Waals surface area (Å²) in [5, 5.41) is 21.1. The molecule has 0 unspecified atom stereocenters. The first kappa shape index (κ1) is 21.9. The first-order valence-electron chi connectivity index (χ1n) is 9.56. The molecule has 2 N–H and O–H groups in total. The number of carbonyl (C=O) groups excluding carboxylic acids is 1. The second kappa shape index (κ2) is 9.07. The first-order chi connectivity index (χ1) is 14.9. The lowest BCUT2D eigenvalue weighted by atomic mass is 9.99. The number of aryl methyl sites for hydroxylation is 1. The predicted molar refractivity (Wildman–Crippen MR) is 135 cm³/mol. The minimum Gasteiger partial charge on any atom is -0.506 e. The fraction of sp³-hybridized carbons (Fsp3) is 0.125. The number of hydrogen-bond acceptors (Lipinski definition) is 5. The number of phenolic OH excluding ortho intramolecular Hbond substituents is 2. The zero-order valence-electron chi connectivity index (χ0n) is 16.5. The van der Waals surface area contributed by atoms with E-state index in [1.54, 1.807) is 18.2 Å². The number of ketones is 1. The number of furan rings is 1. The zero-order chi connectivity index (χ0) is 22.1. The van der Waals surface area contributed by atoms with Crippen molar-refractivity contribution in [2.75, 3.05) is 0 Å². The highest BCUT2D eigenvalue weighted by molar-refractivity contribution is 14.1. The second-order valence-corrected chi connectivity index (χ2v) is 9.29. The molecule has 31 heavy (non-hydrogen) atoms. The Morgan fingerprint density at radius 2 is 1.71 bits per heavy atom. The first-order valence-corrected chi connectivity index (χ1v) is 11.7.